The highest BCUT2D eigenvalue weighted by Gasteiger charge is 2.09. The van der Waals surface area contributed by atoms with Crippen LogP contribution in [-0.4, -0.2) is 25.7 Å². The number of nitrogens with two attached hydrogens (primary N) is 1. The molecule has 0 aliphatic carbocycles. The van der Waals surface area contributed by atoms with Crippen LogP contribution in [0.25, 0.3) is 0 Å². The summed E-state index contributed by atoms with van der Waals surface area (Å²) in [5.41, 5.74) is 9.08. The van der Waals surface area contributed by atoms with Gasteiger partial charge < -0.3 is 15.2 Å². The lowest BCUT2D eigenvalue weighted by molar-refractivity contribution is 0.270. The van der Waals surface area contributed by atoms with Gasteiger partial charge in [-0.05, 0) is 41.9 Å². The second-order valence-corrected chi connectivity index (χ2v) is 5.24. The van der Waals surface area contributed by atoms with Gasteiger partial charge in [-0.2, -0.15) is 0 Å². The summed E-state index contributed by atoms with van der Waals surface area (Å²) in [7, 11) is 3.31. The maximum Gasteiger partial charge on any atom is 0.161 e. The molecule has 0 bridgehead atoms. The molecule has 2 N–H and O–H groups in total. The first kappa shape index (κ1) is 16.2. The van der Waals surface area contributed by atoms with Gasteiger partial charge in [0.2, 0.25) is 0 Å². The zero-order valence-electron chi connectivity index (χ0n) is 13.5. The van der Waals surface area contributed by atoms with Gasteiger partial charge in [0, 0.05) is 18.8 Å². The lowest BCUT2D eigenvalue weighted by atomic mass is 10.1. The van der Waals surface area contributed by atoms with Crippen LogP contribution in [0.2, 0.25) is 0 Å². The summed E-state index contributed by atoms with van der Waals surface area (Å²) in [4.78, 5) is 2.36. The number of methoxy groups -OCH3 is 2. The average molecular weight is 300 g/mol. The summed E-state index contributed by atoms with van der Waals surface area (Å²) in [5, 5.41) is 0. The van der Waals surface area contributed by atoms with Crippen LogP contribution in [-0.2, 0) is 13.1 Å². The molecule has 0 unspecified atom stereocenters. The fourth-order valence-electron chi connectivity index (χ4n) is 2.47. The van der Waals surface area contributed by atoms with Gasteiger partial charge >= 0.3 is 0 Å². The third-order valence-corrected chi connectivity index (χ3v) is 3.66. The van der Waals surface area contributed by atoms with E-state index in [-0.39, 0.29) is 0 Å². The molecular formula is C18H24N2O2. The molecule has 0 saturated carbocycles. The highest BCUT2D eigenvalue weighted by Crippen LogP contribution is 2.28. The Morgan fingerprint density at radius 2 is 1.59 bits per heavy atom. The van der Waals surface area contributed by atoms with Crippen molar-refractivity contribution in [1.29, 1.82) is 0 Å². The normalized spacial score (nSPS) is 10.7. The number of anilines is 1. The molecule has 0 spiro atoms. The predicted octanol–water partition coefficient (Wildman–Crippen LogP) is 3.31. The van der Waals surface area contributed by atoms with Gasteiger partial charge in [0.15, 0.2) is 11.5 Å². The SMILES string of the molecule is CCN(Cc1cccc(N)c1)Cc1ccc(OC)c(OC)c1. The number of benzene rings is 2. The van der Waals surface area contributed by atoms with Crippen molar-refractivity contribution in [1.82, 2.24) is 4.90 Å². The average Bonchev–Trinajstić information content (AvgIpc) is 2.54. The van der Waals surface area contributed by atoms with E-state index in [2.05, 4.69) is 24.0 Å². The minimum atomic E-state index is 0.755. The summed E-state index contributed by atoms with van der Waals surface area (Å²) < 4.78 is 10.6. The van der Waals surface area contributed by atoms with Crippen molar-refractivity contribution in [2.24, 2.45) is 0 Å². The fraction of sp³-hybridized carbons (Fsp3) is 0.333. The molecule has 118 valence electrons. The highest BCUT2D eigenvalue weighted by molar-refractivity contribution is 5.43. The molecule has 2 aromatic carbocycles. The van der Waals surface area contributed by atoms with E-state index in [0.717, 1.165) is 36.8 Å². The minimum absolute atomic E-state index is 0.755. The zero-order chi connectivity index (χ0) is 15.9. The third-order valence-electron chi connectivity index (χ3n) is 3.66. The van der Waals surface area contributed by atoms with E-state index in [9.17, 15) is 0 Å². The molecule has 0 aliphatic heterocycles. The van der Waals surface area contributed by atoms with Crippen LogP contribution in [0.15, 0.2) is 42.5 Å². The summed E-state index contributed by atoms with van der Waals surface area (Å²) in [6.45, 7) is 4.84. The van der Waals surface area contributed by atoms with Crippen LogP contribution in [0.3, 0.4) is 0 Å². The number of hydrogen-bond acceptors (Lipinski definition) is 4. The molecule has 22 heavy (non-hydrogen) atoms. The van der Waals surface area contributed by atoms with Crippen molar-refractivity contribution in [3.05, 3.63) is 53.6 Å². The molecule has 4 nitrogen and oxygen atoms in total. The van der Waals surface area contributed by atoms with E-state index in [0.29, 0.717) is 0 Å². The molecule has 0 aromatic heterocycles. The largest absolute Gasteiger partial charge is 0.493 e. The molecule has 2 rings (SSSR count). The fourth-order valence-corrected chi connectivity index (χ4v) is 2.47. The van der Waals surface area contributed by atoms with Gasteiger partial charge in [-0.25, -0.2) is 0 Å². The summed E-state index contributed by atoms with van der Waals surface area (Å²) in [6.07, 6.45) is 0. The Morgan fingerprint density at radius 3 is 2.18 bits per heavy atom. The lowest BCUT2D eigenvalue weighted by Gasteiger charge is -2.21. The molecule has 0 atom stereocenters. The first-order chi connectivity index (χ1) is 10.7. The van der Waals surface area contributed by atoms with Crippen LogP contribution < -0.4 is 15.2 Å². The van der Waals surface area contributed by atoms with E-state index >= 15 is 0 Å². The Morgan fingerprint density at radius 1 is 0.909 bits per heavy atom. The zero-order valence-corrected chi connectivity index (χ0v) is 13.5. The molecule has 2 aromatic rings. The van der Waals surface area contributed by atoms with Crippen LogP contribution in [0.5, 0.6) is 11.5 Å². The van der Waals surface area contributed by atoms with E-state index < -0.39 is 0 Å². The van der Waals surface area contributed by atoms with Crippen LogP contribution in [0.4, 0.5) is 5.69 Å². The molecule has 0 heterocycles. The first-order valence-electron chi connectivity index (χ1n) is 7.44. The smallest absolute Gasteiger partial charge is 0.161 e. The molecule has 0 aliphatic rings. The molecule has 0 amide bonds. The summed E-state index contributed by atoms with van der Waals surface area (Å²) in [5.74, 6) is 1.52. The molecule has 4 heteroatoms. The Kier molecular flexibility index (Phi) is 5.67. The van der Waals surface area contributed by atoms with E-state index in [4.69, 9.17) is 15.2 Å². The van der Waals surface area contributed by atoms with Crippen LogP contribution in [0, 0.1) is 0 Å². The Bertz CT molecular complexity index is 614. The Hall–Kier alpha value is -2.20. The number of ether oxygens (including phenoxy) is 2. The lowest BCUT2D eigenvalue weighted by Crippen LogP contribution is -2.22. The first-order valence-corrected chi connectivity index (χ1v) is 7.44. The molecular weight excluding hydrogens is 276 g/mol. The molecule has 0 saturated heterocycles. The summed E-state index contributed by atoms with van der Waals surface area (Å²) >= 11 is 0. The minimum Gasteiger partial charge on any atom is -0.493 e. The van der Waals surface area contributed by atoms with Crippen molar-refractivity contribution in [3.63, 3.8) is 0 Å². The standard InChI is InChI=1S/C18H24N2O2/c1-4-20(12-14-6-5-7-16(19)10-14)13-15-8-9-17(21-2)18(11-15)22-3/h5-11H,4,12-13,19H2,1-3H3. The molecule has 0 fully saturated rings. The number of nitrogens with zero attached hydrogens (tertiary/aromatic N) is 1. The van der Waals surface area contributed by atoms with Gasteiger partial charge in [0.25, 0.3) is 0 Å². The summed E-state index contributed by atoms with van der Waals surface area (Å²) in [6, 6.07) is 14.1. The van der Waals surface area contributed by atoms with Gasteiger partial charge in [0.05, 0.1) is 14.2 Å². The van der Waals surface area contributed by atoms with Crippen molar-refractivity contribution >= 4 is 5.69 Å². The van der Waals surface area contributed by atoms with E-state index in [1.807, 2.05) is 30.3 Å². The quantitative estimate of drug-likeness (QED) is 0.797. The number of nitrogen functional groups attached to an aromatic ring is 1. The monoisotopic (exact) mass is 300 g/mol. The predicted molar refractivity (Wildman–Crippen MR) is 90.2 cm³/mol. The maximum atomic E-state index is 5.85. The highest BCUT2D eigenvalue weighted by atomic mass is 16.5. The van der Waals surface area contributed by atoms with Gasteiger partial charge in [-0.15, -0.1) is 0 Å². The van der Waals surface area contributed by atoms with Gasteiger partial charge in [-0.1, -0.05) is 25.1 Å². The number of rotatable bonds is 7. The Balaban J connectivity index is 2.09. The third kappa shape index (κ3) is 4.15. The second kappa shape index (κ2) is 7.71. The van der Waals surface area contributed by atoms with E-state index in [1.165, 1.54) is 11.1 Å². The van der Waals surface area contributed by atoms with Crippen molar-refractivity contribution in [3.8, 4) is 11.5 Å². The molecule has 0 radical (unpaired) electrons. The van der Waals surface area contributed by atoms with Crippen molar-refractivity contribution in [2.45, 2.75) is 20.0 Å². The van der Waals surface area contributed by atoms with E-state index in [1.54, 1.807) is 14.2 Å². The Labute approximate surface area is 132 Å². The van der Waals surface area contributed by atoms with Gasteiger partial charge in [-0.3, -0.25) is 4.90 Å². The van der Waals surface area contributed by atoms with Crippen molar-refractivity contribution < 1.29 is 9.47 Å². The number of hydrogen-bond donors (Lipinski definition) is 1. The van der Waals surface area contributed by atoms with Crippen LogP contribution >= 0.6 is 0 Å². The van der Waals surface area contributed by atoms with Crippen molar-refractivity contribution in [2.75, 3.05) is 26.5 Å². The maximum absolute atomic E-state index is 5.85. The van der Waals surface area contributed by atoms with Gasteiger partial charge in [0.1, 0.15) is 0 Å². The topological polar surface area (TPSA) is 47.7 Å². The van der Waals surface area contributed by atoms with Crippen LogP contribution in [0.1, 0.15) is 18.1 Å². The second-order valence-electron chi connectivity index (χ2n) is 5.24.